The molecule has 0 saturated carbocycles. The fourth-order valence-corrected chi connectivity index (χ4v) is 6.22. The van der Waals surface area contributed by atoms with Gasteiger partial charge in [-0.05, 0) is 91.6 Å². The second-order valence-corrected chi connectivity index (χ2v) is 13.1. The van der Waals surface area contributed by atoms with Crippen LogP contribution in [0, 0.1) is 13.8 Å². The molecule has 0 unspecified atom stereocenters. The van der Waals surface area contributed by atoms with Gasteiger partial charge in [0.1, 0.15) is 23.3 Å². The maximum absolute atomic E-state index is 10.8. The van der Waals surface area contributed by atoms with Crippen molar-refractivity contribution >= 4 is 35.1 Å². The van der Waals surface area contributed by atoms with Gasteiger partial charge in [-0.25, -0.2) is 0 Å². The van der Waals surface area contributed by atoms with Crippen molar-refractivity contribution in [1.82, 2.24) is 15.3 Å². The largest absolute Gasteiger partial charge is 0.481 e. The third kappa shape index (κ3) is 11.2. The zero-order valence-corrected chi connectivity index (χ0v) is 31.4. The Balaban J connectivity index is 1.43. The maximum atomic E-state index is 10.8. The summed E-state index contributed by atoms with van der Waals surface area (Å²) in [4.78, 5) is 30.6. The first kappa shape index (κ1) is 40.2. The Morgan fingerprint density at radius 1 is 0.673 bits per heavy atom. The van der Waals surface area contributed by atoms with Crippen LogP contribution in [0.15, 0.2) is 48.5 Å². The zero-order chi connectivity index (χ0) is 37.6. The number of methoxy groups -OCH3 is 2. The van der Waals surface area contributed by atoms with Crippen LogP contribution in [-0.4, -0.2) is 52.9 Å². The van der Waals surface area contributed by atoms with Crippen LogP contribution in [0.2, 0.25) is 10.0 Å². The van der Waals surface area contributed by atoms with Crippen molar-refractivity contribution in [3.63, 3.8) is 0 Å². The Kier molecular flexibility index (Phi) is 15.4. The molecule has 278 valence electrons. The van der Waals surface area contributed by atoms with Crippen molar-refractivity contribution in [3.05, 3.63) is 92.0 Å². The third-order valence-electron chi connectivity index (χ3n) is 8.66. The number of hydrogen-bond donors (Lipinski definition) is 3. The van der Waals surface area contributed by atoms with Gasteiger partial charge in [0.15, 0.2) is 0 Å². The zero-order valence-electron chi connectivity index (χ0n) is 29.9. The van der Waals surface area contributed by atoms with Crippen molar-refractivity contribution in [1.29, 1.82) is 0 Å². The van der Waals surface area contributed by atoms with Crippen LogP contribution in [0.1, 0.15) is 71.9 Å². The van der Waals surface area contributed by atoms with E-state index >= 15 is 0 Å². The third-order valence-corrected chi connectivity index (χ3v) is 9.20. The van der Waals surface area contributed by atoms with Crippen LogP contribution < -0.4 is 24.3 Å². The summed E-state index contributed by atoms with van der Waals surface area (Å²) in [5.41, 5.74) is 7.71. The van der Waals surface area contributed by atoms with Gasteiger partial charge in [-0.2, -0.15) is 9.97 Å². The highest BCUT2D eigenvalue weighted by Gasteiger charge is 2.17. The maximum Gasteiger partial charge on any atom is 0.303 e. The van der Waals surface area contributed by atoms with Gasteiger partial charge >= 0.3 is 11.9 Å². The van der Waals surface area contributed by atoms with E-state index in [1.54, 1.807) is 19.2 Å². The van der Waals surface area contributed by atoms with Crippen LogP contribution >= 0.6 is 23.2 Å². The van der Waals surface area contributed by atoms with Crippen molar-refractivity contribution in [2.24, 2.45) is 0 Å². The van der Waals surface area contributed by atoms with Gasteiger partial charge in [0.25, 0.3) is 0 Å². The quantitative estimate of drug-likeness (QED) is 0.0705. The average molecular weight is 755 g/mol. The van der Waals surface area contributed by atoms with E-state index in [0.717, 1.165) is 57.3 Å². The number of aliphatic carboxylic acids is 2. The number of aromatic nitrogens is 2. The van der Waals surface area contributed by atoms with Crippen LogP contribution in [0.5, 0.6) is 23.5 Å². The minimum Gasteiger partial charge on any atom is -0.481 e. The Hall–Kier alpha value is -4.58. The summed E-state index contributed by atoms with van der Waals surface area (Å²) in [6, 6.07) is 15.7. The van der Waals surface area contributed by atoms with Crippen LogP contribution in [0.3, 0.4) is 0 Å². The highest BCUT2D eigenvalue weighted by atomic mass is 35.5. The van der Waals surface area contributed by atoms with Crippen molar-refractivity contribution < 1.29 is 38.7 Å². The van der Waals surface area contributed by atoms with Crippen LogP contribution in [0.4, 0.5) is 0 Å². The molecule has 52 heavy (non-hydrogen) atoms. The Morgan fingerprint density at radius 3 is 1.69 bits per heavy atom. The molecule has 0 fully saturated rings. The molecule has 0 aliphatic rings. The minimum atomic E-state index is -0.829. The lowest BCUT2D eigenvalue weighted by atomic mass is 9.92. The van der Waals surface area contributed by atoms with Crippen molar-refractivity contribution in [2.45, 2.75) is 78.6 Å². The molecule has 13 heteroatoms. The summed E-state index contributed by atoms with van der Waals surface area (Å²) in [5.74, 6) is -0.282. The number of carboxylic acid groups (broad SMARTS) is 2. The minimum absolute atomic E-state index is 0.0937. The van der Waals surface area contributed by atoms with Gasteiger partial charge < -0.3 is 34.5 Å². The molecule has 3 N–H and O–H groups in total. The van der Waals surface area contributed by atoms with Crippen LogP contribution in [0.25, 0.3) is 11.1 Å². The predicted octanol–water partition coefficient (Wildman–Crippen LogP) is 8.38. The fraction of sp³-hybridized carbons (Fsp3) is 0.385. The van der Waals surface area contributed by atoms with E-state index in [1.165, 1.54) is 7.11 Å². The Labute approximate surface area is 314 Å². The molecule has 0 aliphatic carbocycles. The molecule has 4 rings (SSSR count). The lowest BCUT2D eigenvalue weighted by Crippen LogP contribution is -2.16. The second kappa shape index (κ2) is 19.9. The van der Waals surface area contributed by atoms with E-state index in [0.29, 0.717) is 54.2 Å². The molecule has 0 saturated heterocycles. The number of nitrogens with zero attached hydrogens (tertiary/aromatic N) is 2. The normalized spacial score (nSPS) is 11.0. The first-order chi connectivity index (χ1) is 25.0. The molecular formula is C39H45Cl2N3O8. The number of hydrogen-bond acceptors (Lipinski definition) is 9. The van der Waals surface area contributed by atoms with Gasteiger partial charge in [-0.3, -0.25) is 9.59 Å². The molecule has 0 amide bonds. The Bertz CT molecular complexity index is 1720. The number of pyridine rings is 2. The number of unbranched alkanes of at least 4 members (excludes halogenated alkanes) is 2. The van der Waals surface area contributed by atoms with E-state index in [4.69, 9.17) is 52.4 Å². The van der Waals surface area contributed by atoms with Gasteiger partial charge in [-0.15, -0.1) is 0 Å². The summed E-state index contributed by atoms with van der Waals surface area (Å²) in [6.45, 7) is 5.53. The van der Waals surface area contributed by atoms with E-state index in [-0.39, 0.29) is 37.8 Å². The van der Waals surface area contributed by atoms with E-state index in [1.807, 2.05) is 24.3 Å². The van der Waals surface area contributed by atoms with Gasteiger partial charge in [0.2, 0.25) is 23.5 Å². The molecular weight excluding hydrogens is 709 g/mol. The lowest BCUT2D eigenvalue weighted by molar-refractivity contribution is -0.138. The Morgan fingerprint density at radius 2 is 1.17 bits per heavy atom. The second-order valence-electron chi connectivity index (χ2n) is 12.3. The van der Waals surface area contributed by atoms with Gasteiger partial charge in [-0.1, -0.05) is 66.0 Å². The lowest BCUT2D eigenvalue weighted by Gasteiger charge is -2.17. The summed E-state index contributed by atoms with van der Waals surface area (Å²) < 4.78 is 23.2. The standard InChI is InChI=1S/C39H45Cl2N3O8/c1-24-27(22-51-38-32(40)19-26(36(43-38)49-3)11-6-5-7-16-34(45)46)12-8-14-30(24)31-15-9-13-28(25(31)2)23-52-39-33(41)20-29(37(44-39)50-4)21-42-18-10-17-35(47)48/h8-9,12-15,19-20,42H,5-7,10-11,16-18,21-23H2,1-4H3,(H,45,46)(H,47,48). The highest BCUT2D eigenvalue weighted by Crippen LogP contribution is 2.34. The number of halogens is 2. The van der Waals surface area contributed by atoms with Crippen LogP contribution in [-0.2, 0) is 35.8 Å². The van der Waals surface area contributed by atoms with Gasteiger partial charge in [0.05, 0.1) is 14.2 Å². The number of aryl methyl sites for hydroxylation is 1. The number of nitrogens with one attached hydrogen (secondary N) is 1. The summed E-state index contributed by atoms with van der Waals surface area (Å²) in [5, 5.41) is 21.6. The van der Waals surface area contributed by atoms with Crippen molar-refractivity contribution in [2.75, 3.05) is 20.8 Å². The predicted molar refractivity (Wildman–Crippen MR) is 200 cm³/mol. The average Bonchev–Trinajstić information content (AvgIpc) is 3.11. The smallest absolute Gasteiger partial charge is 0.303 e. The first-order valence-electron chi connectivity index (χ1n) is 17.1. The summed E-state index contributed by atoms with van der Waals surface area (Å²) >= 11 is 13.2. The molecule has 11 nitrogen and oxygen atoms in total. The SMILES string of the molecule is COc1nc(OCc2cccc(-c3cccc(COc4nc(OC)c(CNCCCC(=O)O)cc4Cl)c3C)c2C)c(Cl)cc1CCCCCC(=O)O. The molecule has 2 heterocycles. The summed E-state index contributed by atoms with van der Waals surface area (Å²) in [6.07, 6.45) is 3.62. The number of ether oxygens (including phenoxy) is 4. The molecule has 2 aromatic carbocycles. The molecule has 0 spiro atoms. The number of carbonyl (C=O) groups is 2. The fourth-order valence-electron chi connectivity index (χ4n) is 5.76. The monoisotopic (exact) mass is 753 g/mol. The molecule has 0 radical (unpaired) electrons. The summed E-state index contributed by atoms with van der Waals surface area (Å²) in [7, 11) is 3.08. The molecule has 0 aliphatic heterocycles. The molecule has 0 bridgehead atoms. The highest BCUT2D eigenvalue weighted by molar-refractivity contribution is 6.32. The van der Waals surface area contributed by atoms with Crippen molar-refractivity contribution in [3.8, 4) is 34.6 Å². The van der Waals surface area contributed by atoms with E-state index in [9.17, 15) is 9.59 Å². The van der Waals surface area contributed by atoms with E-state index < -0.39 is 11.9 Å². The van der Waals surface area contributed by atoms with E-state index in [2.05, 4.69) is 41.3 Å². The number of carboxylic acids is 2. The van der Waals surface area contributed by atoms with Gasteiger partial charge in [0, 0.05) is 30.5 Å². The number of rotatable bonds is 21. The molecule has 4 aromatic rings. The topological polar surface area (TPSA) is 149 Å². The number of benzene rings is 2. The molecule has 2 aromatic heterocycles. The first-order valence-corrected chi connectivity index (χ1v) is 17.8. The molecule has 0 atom stereocenters.